The van der Waals surface area contributed by atoms with Crippen LogP contribution >= 0.6 is 23.7 Å². The number of carboxylic acids is 1. The first-order valence-corrected chi connectivity index (χ1v) is 9.11. The maximum atomic E-state index is 12.5. The molecule has 25 heavy (non-hydrogen) atoms. The molecule has 0 amide bonds. The second-order valence-corrected chi connectivity index (χ2v) is 7.28. The Hall–Kier alpha value is -1.64. The van der Waals surface area contributed by atoms with Crippen LogP contribution in [0.15, 0.2) is 52.3 Å². The molecule has 0 heterocycles. The molecule has 2 aromatic carbocycles. The molecule has 2 N–H and O–H groups in total. The zero-order chi connectivity index (χ0) is 18.4. The van der Waals surface area contributed by atoms with Crippen LogP contribution in [-0.2, 0) is 6.18 Å². The summed E-state index contributed by atoms with van der Waals surface area (Å²) in [6, 6.07) is 10.3. The van der Waals surface area contributed by atoms with E-state index in [1.165, 1.54) is 35.8 Å². The van der Waals surface area contributed by atoms with E-state index in [0.717, 1.165) is 21.9 Å². The molecule has 0 atom stereocenters. The van der Waals surface area contributed by atoms with Gasteiger partial charge in [-0.2, -0.15) is 13.2 Å². The van der Waals surface area contributed by atoms with Crippen LogP contribution in [0, 0.1) is 6.92 Å². The van der Waals surface area contributed by atoms with Gasteiger partial charge in [0.1, 0.15) is 0 Å². The summed E-state index contributed by atoms with van der Waals surface area (Å²) in [5, 5.41) is 9.09. The molecule has 8 heteroatoms. The molecule has 0 unspecified atom stereocenters. The Morgan fingerprint density at radius 3 is 2.36 bits per heavy atom. The number of hydrogen-bond donors (Lipinski definition) is 2. The van der Waals surface area contributed by atoms with Crippen LogP contribution in [0.2, 0.25) is 0 Å². The molecule has 0 saturated carbocycles. The van der Waals surface area contributed by atoms with Crippen LogP contribution < -0.4 is 4.72 Å². The van der Waals surface area contributed by atoms with Crippen LogP contribution in [0.3, 0.4) is 0 Å². The first-order valence-electron chi connectivity index (χ1n) is 7.31. The van der Waals surface area contributed by atoms with Crippen molar-refractivity contribution in [2.45, 2.75) is 22.9 Å². The van der Waals surface area contributed by atoms with Crippen LogP contribution in [0.4, 0.5) is 13.2 Å². The highest BCUT2D eigenvalue weighted by Crippen LogP contribution is 2.30. The van der Waals surface area contributed by atoms with E-state index in [-0.39, 0.29) is 5.56 Å². The van der Waals surface area contributed by atoms with Crippen molar-refractivity contribution in [3.63, 3.8) is 0 Å². The lowest BCUT2D eigenvalue weighted by Crippen LogP contribution is -2.08. The Kier molecular flexibility index (Phi) is 6.80. The first-order chi connectivity index (χ1) is 11.8. The summed E-state index contributed by atoms with van der Waals surface area (Å²) in [7, 11) is 0. The van der Waals surface area contributed by atoms with Crippen molar-refractivity contribution in [1.29, 1.82) is 0 Å². The van der Waals surface area contributed by atoms with Gasteiger partial charge in [0.05, 0.1) is 11.1 Å². The van der Waals surface area contributed by atoms with Gasteiger partial charge in [-0.15, -0.1) is 11.8 Å². The van der Waals surface area contributed by atoms with Gasteiger partial charge in [0.2, 0.25) is 0 Å². The molecule has 0 saturated heterocycles. The standard InChI is InChI=1S/C17H16F3NO2S2/c1-11-2-5-14(10-15(11)16(22)23)25-21-8-9-24-13-6-3-12(4-7-13)17(18,19)20/h2-7,10,21H,8-9H2,1H3,(H,22,23). The van der Waals surface area contributed by atoms with Crippen molar-refractivity contribution >= 4 is 29.7 Å². The minimum absolute atomic E-state index is 0.269. The third-order valence-corrected chi connectivity index (χ3v) is 5.14. The molecule has 134 valence electrons. The fraction of sp³-hybridized carbons (Fsp3) is 0.235. The number of benzene rings is 2. The maximum Gasteiger partial charge on any atom is 0.416 e. The number of rotatable bonds is 7. The molecular formula is C17H16F3NO2S2. The zero-order valence-electron chi connectivity index (χ0n) is 13.3. The number of halogens is 3. The summed E-state index contributed by atoms with van der Waals surface area (Å²) in [5.74, 6) is -0.284. The van der Waals surface area contributed by atoms with Gasteiger partial charge in [-0.3, -0.25) is 4.72 Å². The number of nitrogens with one attached hydrogen (secondary N) is 1. The smallest absolute Gasteiger partial charge is 0.416 e. The molecule has 0 aliphatic carbocycles. The SMILES string of the molecule is Cc1ccc(SNCCSc2ccc(C(F)(F)F)cc2)cc1C(=O)O. The molecule has 2 aromatic rings. The topological polar surface area (TPSA) is 49.3 Å². The van der Waals surface area contributed by atoms with E-state index in [0.29, 0.717) is 17.9 Å². The number of aromatic carboxylic acids is 1. The highest BCUT2D eigenvalue weighted by atomic mass is 32.2. The predicted molar refractivity (Wildman–Crippen MR) is 94.2 cm³/mol. The van der Waals surface area contributed by atoms with Crippen molar-refractivity contribution in [3.05, 3.63) is 59.2 Å². The van der Waals surface area contributed by atoms with Crippen molar-refractivity contribution in [2.24, 2.45) is 0 Å². The Morgan fingerprint density at radius 2 is 1.76 bits per heavy atom. The molecule has 0 aromatic heterocycles. The lowest BCUT2D eigenvalue weighted by atomic mass is 10.1. The van der Waals surface area contributed by atoms with Gasteiger partial charge in [-0.25, -0.2) is 4.79 Å². The molecule has 0 fully saturated rings. The number of carboxylic acid groups (broad SMARTS) is 1. The highest BCUT2D eigenvalue weighted by Gasteiger charge is 2.29. The molecule has 0 aliphatic rings. The molecule has 0 bridgehead atoms. The second-order valence-electron chi connectivity index (χ2n) is 5.15. The Bertz CT molecular complexity index is 734. The van der Waals surface area contributed by atoms with E-state index < -0.39 is 17.7 Å². The monoisotopic (exact) mass is 387 g/mol. The van der Waals surface area contributed by atoms with E-state index in [1.54, 1.807) is 19.1 Å². The molecule has 3 nitrogen and oxygen atoms in total. The van der Waals surface area contributed by atoms with E-state index in [9.17, 15) is 18.0 Å². The van der Waals surface area contributed by atoms with Crippen molar-refractivity contribution < 1.29 is 23.1 Å². The number of hydrogen-bond acceptors (Lipinski definition) is 4. The van der Waals surface area contributed by atoms with Gasteiger partial charge >= 0.3 is 12.1 Å². The molecule has 2 rings (SSSR count). The normalized spacial score (nSPS) is 11.5. The summed E-state index contributed by atoms with van der Waals surface area (Å²) >= 11 is 2.77. The Morgan fingerprint density at radius 1 is 1.12 bits per heavy atom. The number of thioether (sulfide) groups is 1. The van der Waals surface area contributed by atoms with Crippen molar-refractivity contribution in [1.82, 2.24) is 4.72 Å². The average molecular weight is 387 g/mol. The second kappa shape index (κ2) is 8.64. The summed E-state index contributed by atoms with van der Waals surface area (Å²) in [6.07, 6.45) is -4.32. The highest BCUT2D eigenvalue weighted by molar-refractivity contribution is 7.99. The fourth-order valence-electron chi connectivity index (χ4n) is 1.98. The van der Waals surface area contributed by atoms with Gasteiger partial charge < -0.3 is 5.11 Å². The molecule has 0 spiro atoms. The van der Waals surface area contributed by atoms with Gasteiger partial charge in [-0.05, 0) is 60.8 Å². The quantitative estimate of drug-likeness (QED) is 0.393. The molecule has 0 radical (unpaired) electrons. The minimum Gasteiger partial charge on any atom is -0.478 e. The predicted octanol–water partition coefficient (Wildman–Crippen LogP) is 5.10. The Balaban J connectivity index is 1.77. The van der Waals surface area contributed by atoms with E-state index in [2.05, 4.69) is 4.72 Å². The molecular weight excluding hydrogens is 371 g/mol. The van der Waals surface area contributed by atoms with Crippen LogP contribution in [-0.4, -0.2) is 23.4 Å². The average Bonchev–Trinajstić information content (AvgIpc) is 2.55. The van der Waals surface area contributed by atoms with Crippen LogP contribution in [0.5, 0.6) is 0 Å². The first kappa shape index (κ1) is 19.7. The van der Waals surface area contributed by atoms with E-state index in [1.807, 2.05) is 6.07 Å². The van der Waals surface area contributed by atoms with Gasteiger partial charge in [0.25, 0.3) is 0 Å². The van der Waals surface area contributed by atoms with Gasteiger partial charge in [0.15, 0.2) is 0 Å². The fourth-order valence-corrected chi connectivity index (χ4v) is 3.56. The van der Waals surface area contributed by atoms with Crippen LogP contribution in [0.25, 0.3) is 0 Å². The number of aryl methyl sites for hydroxylation is 1. The number of alkyl halides is 3. The van der Waals surface area contributed by atoms with Crippen molar-refractivity contribution in [3.8, 4) is 0 Å². The zero-order valence-corrected chi connectivity index (χ0v) is 14.9. The summed E-state index contributed by atoms with van der Waals surface area (Å²) in [6.45, 7) is 2.36. The number of carbonyl (C=O) groups is 1. The Labute approximate surface area is 152 Å². The summed E-state index contributed by atoms with van der Waals surface area (Å²) in [4.78, 5) is 12.7. The summed E-state index contributed by atoms with van der Waals surface area (Å²) in [5.41, 5.74) is 0.319. The largest absolute Gasteiger partial charge is 0.478 e. The van der Waals surface area contributed by atoms with E-state index >= 15 is 0 Å². The van der Waals surface area contributed by atoms with Gasteiger partial charge in [-0.1, -0.05) is 6.07 Å². The van der Waals surface area contributed by atoms with E-state index in [4.69, 9.17) is 5.11 Å². The molecule has 0 aliphatic heterocycles. The van der Waals surface area contributed by atoms with Crippen LogP contribution in [0.1, 0.15) is 21.5 Å². The van der Waals surface area contributed by atoms with Crippen molar-refractivity contribution in [2.75, 3.05) is 12.3 Å². The third kappa shape index (κ3) is 5.98. The minimum atomic E-state index is -4.32. The maximum absolute atomic E-state index is 12.5. The third-order valence-electron chi connectivity index (χ3n) is 3.28. The lowest BCUT2D eigenvalue weighted by Gasteiger charge is -2.08. The van der Waals surface area contributed by atoms with Gasteiger partial charge in [0, 0.05) is 22.1 Å². The summed E-state index contributed by atoms with van der Waals surface area (Å²) < 4.78 is 40.6. The lowest BCUT2D eigenvalue weighted by molar-refractivity contribution is -0.137.